The first-order valence-corrected chi connectivity index (χ1v) is 7.80. The molecule has 0 bridgehead atoms. The summed E-state index contributed by atoms with van der Waals surface area (Å²) in [6.07, 6.45) is 1.78. The zero-order valence-corrected chi connectivity index (χ0v) is 13.0. The van der Waals surface area contributed by atoms with E-state index in [1.807, 2.05) is 36.4 Å². The average Bonchev–Trinajstić information content (AvgIpc) is 2.53. The molecule has 0 fully saturated rings. The van der Waals surface area contributed by atoms with Gasteiger partial charge in [0.15, 0.2) is 0 Å². The molecule has 0 aliphatic carbocycles. The summed E-state index contributed by atoms with van der Waals surface area (Å²) < 4.78 is 5.37. The second-order valence-corrected chi connectivity index (χ2v) is 5.88. The lowest BCUT2D eigenvalue weighted by molar-refractivity contribution is 0.411. The third-order valence-electron chi connectivity index (χ3n) is 3.14. The Labute approximate surface area is 132 Å². The summed E-state index contributed by atoms with van der Waals surface area (Å²) in [5.74, 6) is 1.56. The standard InChI is InChI=1S/C16H13ClN2OS/c1-20-15-7-6-13(17)8-12(15)10-21-16-14-5-3-2-4-11(14)9-18-19-16/h2-9H,10H2,1H3. The summed E-state index contributed by atoms with van der Waals surface area (Å²) in [4.78, 5) is 0. The molecule has 0 N–H and O–H groups in total. The number of benzene rings is 2. The molecule has 0 saturated heterocycles. The predicted octanol–water partition coefficient (Wildman–Crippen LogP) is 4.58. The van der Waals surface area contributed by atoms with Crippen molar-refractivity contribution in [3.8, 4) is 5.75 Å². The number of nitrogens with zero attached hydrogens (tertiary/aromatic N) is 2. The van der Waals surface area contributed by atoms with Crippen LogP contribution in [0.2, 0.25) is 5.02 Å². The first-order valence-electron chi connectivity index (χ1n) is 6.43. The van der Waals surface area contributed by atoms with Crippen molar-refractivity contribution in [2.75, 3.05) is 7.11 Å². The van der Waals surface area contributed by atoms with E-state index >= 15 is 0 Å². The number of hydrogen-bond acceptors (Lipinski definition) is 4. The number of hydrogen-bond donors (Lipinski definition) is 0. The van der Waals surface area contributed by atoms with Gasteiger partial charge in [-0.15, -0.1) is 5.10 Å². The van der Waals surface area contributed by atoms with E-state index in [-0.39, 0.29) is 0 Å². The zero-order valence-electron chi connectivity index (χ0n) is 11.4. The Balaban J connectivity index is 1.89. The molecule has 3 nitrogen and oxygen atoms in total. The van der Waals surface area contributed by atoms with Crippen molar-refractivity contribution in [1.29, 1.82) is 0 Å². The van der Waals surface area contributed by atoms with E-state index in [4.69, 9.17) is 16.3 Å². The van der Waals surface area contributed by atoms with Crippen molar-refractivity contribution in [1.82, 2.24) is 10.2 Å². The Kier molecular flexibility index (Phi) is 4.27. The van der Waals surface area contributed by atoms with Crippen molar-refractivity contribution in [2.45, 2.75) is 10.8 Å². The molecule has 1 heterocycles. The van der Waals surface area contributed by atoms with Crippen LogP contribution in [-0.4, -0.2) is 17.3 Å². The molecule has 0 radical (unpaired) electrons. The van der Waals surface area contributed by atoms with Gasteiger partial charge in [-0.25, -0.2) is 0 Å². The Morgan fingerprint density at radius 1 is 1.19 bits per heavy atom. The number of ether oxygens (including phenoxy) is 1. The van der Waals surface area contributed by atoms with Gasteiger partial charge in [0.05, 0.1) is 13.3 Å². The van der Waals surface area contributed by atoms with E-state index in [1.54, 1.807) is 25.1 Å². The van der Waals surface area contributed by atoms with Crippen LogP contribution in [0.15, 0.2) is 53.7 Å². The number of rotatable bonds is 4. The monoisotopic (exact) mass is 316 g/mol. The zero-order chi connectivity index (χ0) is 14.7. The molecular formula is C16H13ClN2OS. The van der Waals surface area contributed by atoms with Crippen molar-refractivity contribution in [2.24, 2.45) is 0 Å². The van der Waals surface area contributed by atoms with Crippen molar-refractivity contribution in [3.05, 3.63) is 59.2 Å². The molecule has 3 rings (SSSR count). The second-order valence-electron chi connectivity index (χ2n) is 4.48. The van der Waals surface area contributed by atoms with Crippen LogP contribution < -0.4 is 4.74 Å². The van der Waals surface area contributed by atoms with Gasteiger partial charge in [0.25, 0.3) is 0 Å². The van der Waals surface area contributed by atoms with Gasteiger partial charge in [-0.1, -0.05) is 47.6 Å². The number of methoxy groups -OCH3 is 1. The lowest BCUT2D eigenvalue weighted by Gasteiger charge is -2.09. The van der Waals surface area contributed by atoms with Crippen LogP contribution in [0, 0.1) is 0 Å². The Bertz CT molecular complexity index is 774. The van der Waals surface area contributed by atoms with Gasteiger partial charge in [0, 0.05) is 27.1 Å². The van der Waals surface area contributed by atoms with Crippen LogP contribution >= 0.6 is 23.4 Å². The Morgan fingerprint density at radius 2 is 2.05 bits per heavy atom. The molecule has 0 saturated carbocycles. The molecule has 1 aromatic heterocycles. The molecule has 0 atom stereocenters. The maximum Gasteiger partial charge on any atom is 0.127 e. The highest BCUT2D eigenvalue weighted by Crippen LogP contribution is 2.31. The van der Waals surface area contributed by atoms with Crippen LogP contribution in [0.1, 0.15) is 5.56 Å². The Hall–Kier alpha value is -1.78. The summed E-state index contributed by atoms with van der Waals surface area (Å²) in [5.41, 5.74) is 1.05. The van der Waals surface area contributed by atoms with E-state index in [9.17, 15) is 0 Å². The normalized spacial score (nSPS) is 10.8. The van der Waals surface area contributed by atoms with Gasteiger partial charge in [0.1, 0.15) is 10.8 Å². The van der Waals surface area contributed by atoms with E-state index < -0.39 is 0 Å². The molecule has 0 aliphatic rings. The summed E-state index contributed by atoms with van der Waals surface area (Å²) in [6.45, 7) is 0. The largest absolute Gasteiger partial charge is 0.496 e. The van der Waals surface area contributed by atoms with E-state index in [0.29, 0.717) is 5.02 Å². The topological polar surface area (TPSA) is 35.0 Å². The Morgan fingerprint density at radius 3 is 2.90 bits per heavy atom. The average molecular weight is 317 g/mol. The van der Waals surface area contributed by atoms with Gasteiger partial charge >= 0.3 is 0 Å². The third-order valence-corrected chi connectivity index (χ3v) is 4.41. The molecule has 0 aliphatic heterocycles. The summed E-state index contributed by atoms with van der Waals surface area (Å²) >= 11 is 7.69. The first-order chi connectivity index (χ1) is 10.3. The highest BCUT2D eigenvalue weighted by Gasteiger charge is 2.08. The van der Waals surface area contributed by atoms with Crippen LogP contribution in [0.5, 0.6) is 5.75 Å². The van der Waals surface area contributed by atoms with E-state index in [2.05, 4.69) is 16.3 Å². The van der Waals surface area contributed by atoms with Crippen LogP contribution in [-0.2, 0) is 5.75 Å². The molecule has 2 aromatic carbocycles. The predicted molar refractivity (Wildman–Crippen MR) is 87.1 cm³/mol. The molecule has 0 amide bonds. The molecule has 3 aromatic rings. The highest BCUT2D eigenvalue weighted by atomic mass is 35.5. The van der Waals surface area contributed by atoms with Gasteiger partial charge < -0.3 is 4.74 Å². The van der Waals surface area contributed by atoms with Gasteiger partial charge in [-0.3, -0.25) is 0 Å². The van der Waals surface area contributed by atoms with Crippen molar-refractivity contribution < 1.29 is 4.74 Å². The van der Waals surface area contributed by atoms with Crippen molar-refractivity contribution in [3.63, 3.8) is 0 Å². The molecule has 0 spiro atoms. The highest BCUT2D eigenvalue weighted by molar-refractivity contribution is 7.98. The van der Waals surface area contributed by atoms with E-state index in [1.165, 1.54) is 0 Å². The molecule has 21 heavy (non-hydrogen) atoms. The molecular weight excluding hydrogens is 304 g/mol. The SMILES string of the molecule is COc1ccc(Cl)cc1CSc1nncc2ccccc12. The smallest absolute Gasteiger partial charge is 0.127 e. The third kappa shape index (κ3) is 3.12. The van der Waals surface area contributed by atoms with Gasteiger partial charge in [0.2, 0.25) is 0 Å². The number of aromatic nitrogens is 2. The fourth-order valence-electron chi connectivity index (χ4n) is 2.11. The number of halogens is 1. The van der Waals surface area contributed by atoms with Crippen LogP contribution in [0.3, 0.4) is 0 Å². The quantitative estimate of drug-likeness (QED) is 0.660. The minimum absolute atomic E-state index is 0.704. The maximum absolute atomic E-state index is 6.06. The van der Waals surface area contributed by atoms with Crippen LogP contribution in [0.25, 0.3) is 10.8 Å². The van der Waals surface area contributed by atoms with Crippen molar-refractivity contribution >= 4 is 34.1 Å². The second kappa shape index (κ2) is 6.33. The minimum Gasteiger partial charge on any atom is -0.496 e. The summed E-state index contributed by atoms with van der Waals surface area (Å²) in [7, 11) is 1.66. The lowest BCUT2D eigenvalue weighted by atomic mass is 10.2. The van der Waals surface area contributed by atoms with Gasteiger partial charge in [-0.05, 0) is 18.2 Å². The summed E-state index contributed by atoms with van der Waals surface area (Å²) in [5, 5.41) is 12.1. The number of thioether (sulfide) groups is 1. The maximum atomic E-state index is 6.06. The first kappa shape index (κ1) is 14.2. The molecule has 106 valence electrons. The fraction of sp³-hybridized carbons (Fsp3) is 0.125. The van der Waals surface area contributed by atoms with Crippen LogP contribution in [0.4, 0.5) is 0 Å². The minimum atomic E-state index is 0.704. The van der Waals surface area contributed by atoms with E-state index in [0.717, 1.165) is 32.9 Å². The molecule has 0 unspecified atom stereocenters. The number of fused-ring (bicyclic) bond motifs is 1. The molecule has 5 heteroatoms. The lowest BCUT2D eigenvalue weighted by Crippen LogP contribution is -1.92. The van der Waals surface area contributed by atoms with Gasteiger partial charge in [-0.2, -0.15) is 5.10 Å². The summed E-state index contributed by atoms with van der Waals surface area (Å²) in [6, 6.07) is 13.7. The fourth-order valence-corrected chi connectivity index (χ4v) is 3.27.